The predicted octanol–water partition coefficient (Wildman–Crippen LogP) is 4.26. The minimum atomic E-state index is -0.0724. The van der Waals surface area contributed by atoms with Crippen molar-refractivity contribution in [2.45, 2.75) is 85.7 Å². The molecule has 0 unspecified atom stereocenters. The first-order valence-corrected chi connectivity index (χ1v) is 7.82. The van der Waals surface area contributed by atoms with Crippen LogP contribution in [-0.2, 0) is 19.1 Å². The number of esters is 2. The maximum Gasteiger partial charge on any atom is 0.306 e. The van der Waals surface area contributed by atoms with Crippen LogP contribution in [0.1, 0.15) is 79.6 Å². The van der Waals surface area contributed by atoms with E-state index in [0.717, 1.165) is 32.1 Å². The van der Waals surface area contributed by atoms with Gasteiger partial charge in [0.1, 0.15) is 0 Å². The van der Waals surface area contributed by atoms with Gasteiger partial charge in [-0.2, -0.15) is 0 Å². The topological polar surface area (TPSA) is 52.6 Å². The molecule has 0 aromatic heterocycles. The minimum Gasteiger partial charge on any atom is -0.466 e. The minimum absolute atomic E-state index is 0.0318. The van der Waals surface area contributed by atoms with Gasteiger partial charge in [0, 0.05) is 12.8 Å². The van der Waals surface area contributed by atoms with E-state index in [-0.39, 0.29) is 18.0 Å². The Morgan fingerprint density at radius 1 is 0.850 bits per heavy atom. The van der Waals surface area contributed by atoms with Crippen LogP contribution in [0.4, 0.5) is 0 Å². The van der Waals surface area contributed by atoms with E-state index in [2.05, 4.69) is 13.8 Å². The van der Waals surface area contributed by atoms with Crippen LogP contribution in [0.3, 0.4) is 0 Å². The van der Waals surface area contributed by atoms with Gasteiger partial charge in [-0.3, -0.25) is 9.59 Å². The number of carbonyl (C=O) groups excluding carboxylic acids is 2. The van der Waals surface area contributed by atoms with Crippen molar-refractivity contribution in [2.75, 3.05) is 6.61 Å². The predicted molar refractivity (Wildman–Crippen MR) is 81.5 cm³/mol. The lowest BCUT2D eigenvalue weighted by Gasteiger charge is -2.06. The maximum atomic E-state index is 10.8. The van der Waals surface area contributed by atoms with Crippen molar-refractivity contribution in [2.24, 2.45) is 0 Å². The smallest absolute Gasteiger partial charge is 0.306 e. The Morgan fingerprint density at radius 2 is 1.35 bits per heavy atom. The lowest BCUT2D eigenvalue weighted by molar-refractivity contribution is -0.147. The summed E-state index contributed by atoms with van der Waals surface area (Å²) in [6, 6.07) is 0. The van der Waals surface area contributed by atoms with Crippen LogP contribution in [0.25, 0.3) is 0 Å². The van der Waals surface area contributed by atoms with Crippen LogP contribution in [0.2, 0.25) is 0 Å². The van der Waals surface area contributed by atoms with Crippen molar-refractivity contribution in [1.82, 2.24) is 0 Å². The summed E-state index contributed by atoms with van der Waals surface area (Å²) < 4.78 is 9.77. The van der Waals surface area contributed by atoms with Gasteiger partial charge < -0.3 is 9.47 Å². The van der Waals surface area contributed by atoms with Gasteiger partial charge in [-0.15, -0.1) is 0 Å². The Bertz CT molecular complexity index is 227. The van der Waals surface area contributed by atoms with Gasteiger partial charge in [0.25, 0.3) is 0 Å². The molecule has 0 spiro atoms. The molecule has 20 heavy (non-hydrogen) atoms. The molecule has 0 N–H and O–H groups in total. The fraction of sp³-hybridized carbons (Fsp3) is 0.875. The van der Waals surface area contributed by atoms with Gasteiger partial charge in [-0.1, -0.05) is 33.6 Å². The fourth-order valence-electron chi connectivity index (χ4n) is 1.25. The second-order valence-electron chi connectivity index (χ2n) is 4.97. The maximum absolute atomic E-state index is 10.8. The molecule has 0 rings (SSSR count). The highest BCUT2D eigenvalue weighted by atomic mass is 16.5. The third-order valence-corrected chi connectivity index (χ3v) is 2.30. The van der Waals surface area contributed by atoms with E-state index < -0.39 is 0 Å². The summed E-state index contributed by atoms with van der Waals surface area (Å²) in [6.07, 6.45) is 6.08. The largest absolute Gasteiger partial charge is 0.466 e. The van der Waals surface area contributed by atoms with Gasteiger partial charge in [-0.05, 0) is 33.1 Å². The van der Waals surface area contributed by atoms with Crippen LogP contribution in [0, 0.1) is 0 Å². The molecule has 0 atom stereocenters. The van der Waals surface area contributed by atoms with Gasteiger partial charge in [-0.25, -0.2) is 0 Å². The van der Waals surface area contributed by atoms with Crippen molar-refractivity contribution in [3.8, 4) is 0 Å². The molecule has 0 radical (unpaired) electrons. The van der Waals surface area contributed by atoms with Crippen LogP contribution >= 0.6 is 0 Å². The van der Waals surface area contributed by atoms with E-state index in [1.54, 1.807) is 0 Å². The number of ether oxygens (including phenoxy) is 2. The molecule has 0 heterocycles. The van der Waals surface area contributed by atoms with E-state index in [0.29, 0.717) is 19.4 Å². The highest BCUT2D eigenvalue weighted by Gasteiger charge is 2.02. The summed E-state index contributed by atoms with van der Waals surface area (Å²) in [7, 11) is 0. The standard InChI is InChI=1S/2C8H16O2/c1-4-5-6-8(9)10-7(2)3;1-3-5-6-8(9)10-7-4-2/h7H,4-6H2,1-3H3;3-7H2,1-2H3. The average molecular weight is 288 g/mol. The zero-order valence-corrected chi connectivity index (χ0v) is 13.9. The van der Waals surface area contributed by atoms with E-state index in [1.165, 1.54) is 0 Å². The Balaban J connectivity index is 0. The quantitative estimate of drug-likeness (QED) is 0.595. The Hall–Kier alpha value is -1.06. The molecule has 4 nitrogen and oxygen atoms in total. The van der Waals surface area contributed by atoms with Gasteiger partial charge in [0.2, 0.25) is 0 Å². The summed E-state index contributed by atoms with van der Waals surface area (Å²) in [5.41, 5.74) is 0. The molecule has 0 aromatic rings. The second-order valence-corrected chi connectivity index (χ2v) is 4.97. The Morgan fingerprint density at radius 3 is 1.75 bits per heavy atom. The van der Waals surface area contributed by atoms with E-state index in [4.69, 9.17) is 9.47 Å². The zero-order valence-electron chi connectivity index (χ0n) is 13.9. The van der Waals surface area contributed by atoms with Crippen LogP contribution in [0.5, 0.6) is 0 Å². The molecular weight excluding hydrogens is 256 g/mol. The first kappa shape index (κ1) is 21.2. The van der Waals surface area contributed by atoms with Crippen molar-refractivity contribution >= 4 is 11.9 Å². The third kappa shape index (κ3) is 19.3. The second kappa shape index (κ2) is 16.0. The van der Waals surface area contributed by atoms with Crippen molar-refractivity contribution in [1.29, 1.82) is 0 Å². The summed E-state index contributed by atoms with van der Waals surface area (Å²) >= 11 is 0. The molecule has 0 amide bonds. The molecule has 0 aliphatic rings. The lowest BCUT2D eigenvalue weighted by atomic mass is 10.2. The first-order chi connectivity index (χ1) is 9.47. The van der Waals surface area contributed by atoms with Crippen LogP contribution in [-0.4, -0.2) is 24.6 Å². The highest BCUT2D eigenvalue weighted by Crippen LogP contribution is 1.98. The molecule has 0 bridgehead atoms. The zero-order chi connectivity index (χ0) is 15.8. The summed E-state index contributed by atoms with van der Waals surface area (Å²) in [5.74, 6) is -0.124. The number of rotatable bonds is 9. The van der Waals surface area contributed by atoms with Gasteiger partial charge in [0.15, 0.2) is 0 Å². The fourth-order valence-corrected chi connectivity index (χ4v) is 1.25. The summed E-state index contributed by atoms with van der Waals surface area (Å²) in [6.45, 7) is 10.4. The number of carbonyl (C=O) groups is 2. The van der Waals surface area contributed by atoms with E-state index in [9.17, 15) is 9.59 Å². The van der Waals surface area contributed by atoms with Crippen LogP contribution < -0.4 is 0 Å². The first-order valence-electron chi connectivity index (χ1n) is 7.82. The normalized spacial score (nSPS) is 9.70. The number of hydrogen-bond acceptors (Lipinski definition) is 4. The Kier molecular flexibility index (Phi) is 17.0. The van der Waals surface area contributed by atoms with Crippen molar-refractivity contribution in [3.63, 3.8) is 0 Å². The number of hydrogen-bond donors (Lipinski definition) is 0. The van der Waals surface area contributed by atoms with Crippen molar-refractivity contribution in [3.05, 3.63) is 0 Å². The molecule has 0 saturated heterocycles. The summed E-state index contributed by atoms with van der Waals surface area (Å²) in [4.78, 5) is 21.5. The molecular formula is C16H32O4. The molecule has 0 aromatic carbocycles. The Labute approximate surface area is 124 Å². The number of unbranched alkanes of at least 4 members (excludes halogenated alkanes) is 2. The molecule has 120 valence electrons. The molecule has 0 fully saturated rings. The lowest BCUT2D eigenvalue weighted by Crippen LogP contribution is -2.10. The highest BCUT2D eigenvalue weighted by molar-refractivity contribution is 5.69. The summed E-state index contributed by atoms with van der Waals surface area (Å²) in [5, 5.41) is 0. The molecule has 0 saturated carbocycles. The van der Waals surface area contributed by atoms with E-state index >= 15 is 0 Å². The van der Waals surface area contributed by atoms with Crippen LogP contribution in [0.15, 0.2) is 0 Å². The van der Waals surface area contributed by atoms with Gasteiger partial charge >= 0.3 is 11.9 Å². The van der Waals surface area contributed by atoms with Crippen molar-refractivity contribution < 1.29 is 19.1 Å². The van der Waals surface area contributed by atoms with E-state index in [1.807, 2.05) is 20.8 Å². The SMILES string of the molecule is CCCCC(=O)OC(C)C.CCCCC(=O)OCCC. The molecule has 4 heteroatoms. The average Bonchev–Trinajstić information content (AvgIpc) is 2.40. The van der Waals surface area contributed by atoms with Gasteiger partial charge in [0.05, 0.1) is 12.7 Å². The monoisotopic (exact) mass is 288 g/mol. The third-order valence-electron chi connectivity index (χ3n) is 2.30. The molecule has 0 aliphatic carbocycles. The molecule has 0 aliphatic heterocycles.